The van der Waals surface area contributed by atoms with Gasteiger partial charge in [-0.25, -0.2) is 4.79 Å². The molecule has 2 heterocycles. The van der Waals surface area contributed by atoms with Crippen LogP contribution in [0.3, 0.4) is 0 Å². The monoisotopic (exact) mass is 642 g/mol. The topological polar surface area (TPSA) is 89.9 Å². The Bertz CT molecular complexity index is 1660. The Hall–Kier alpha value is -3.71. The van der Waals surface area contributed by atoms with Gasteiger partial charge in [0.05, 0.1) is 6.61 Å². The van der Waals surface area contributed by atoms with Crippen LogP contribution in [0.4, 0.5) is 5.69 Å². The van der Waals surface area contributed by atoms with Crippen molar-refractivity contribution in [3.8, 4) is 17.2 Å². The van der Waals surface area contributed by atoms with Gasteiger partial charge >= 0.3 is 5.97 Å². The van der Waals surface area contributed by atoms with Gasteiger partial charge in [-0.2, -0.15) is 0 Å². The first-order chi connectivity index (χ1) is 22.2. The molecule has 3 atom stereocenters. The summed E-state index contributed by atoms with van der Waals surface area (Å²) in [6, 6.07) is 13.6. The fourth-order valence-corrected chi connectivity index (χ4v) is 8.84. The Labute approximate surface area is 276 Å². The Balaban J connectivity index is 1.15. The second kappa shape index (κ2) is 12.1. The van der Waals surface area contributed by atoms with Crippen LogP contribution in [0.1, 0.15) is 87.1 Å². The van der Waals surface area contributed by atoms with Gasteiger partial charge in [0.15, 0.2) is 11.5 Å². The van der Waals surface area contributed by atoms with Crippen molar-refractivity contribution in [1.29, 1.82) is 0 Å². The summed E-state index contributed by atoms with van der Waals surface area (Å²) < 4.78 is 18.6. The number of carboxylic acids is 1. The number of carbonyl (C=O) groups is 1. The highest BCUT2D eigenvalue weighted by molar-refractivity contribution is 6.30. The van der Waals surface area contributed by atoms with Gasteiger partial charge in [-0.15, -0.1) is 0 Å². The molecule has 2 N–H and O–H groups in total. The third-order valence-electron chi connectivity index (χ3n) is 11.0. The molecule has 7 nitrogen and oxygen atoms in total. The molecule has 46 heavy (non-hydrogen) atoms. The van der Waals surface area contributed by atoms with Crippen LogP contribution in [-0.2, 0) is 23.1 Å². The van der Waals surface area contributed by atoms with E-state index in [1.54, 1.807) is 12.1 Å². The Morgan fingerprint density at radius 2 is 2.02 bits per heavy atom. The maximum atomic E-state index is 12.9. The molecule has 8 heteroatoms. The van der Waals surface area contributed by atoms with Gasteiger partial charge in [-0.3, -0.25) is 4.98 Å². The molecule has 0 bridgehead atoms. The van der Waals surface area contributed by atoms with E-state index in [-0.39, 0.29) is 5.41 Å². The zero-order chi connectivity index (χ0) is 32.1. The summed E-state index contributed by atoms with van der Waals surface area (Å²) in [5, 5.41) is 14.5. The first kappa shape index (κ1) is 30.9. The van der Waals surface area contributed by atoms with Crippen LogP contribution in [0.15, 0.2) is 61.0 Å². The minimum absolute atomic E-state index is 0.180. The summed E-state index contributed by atoms with van der Waals surface area (Å²) in [5.74, 6) is 3.29. The van der Waals surface area contributed by atoms with E-state index in [9.17, 15) is 9.90 Å². The van der Waals surface area contributed by atoms with Crippen molar-refractivity contribution < 1.29 is 24.1 Å². The van der Waals surface area contributed by atoms with Crippen LogP contribution < -0.4 is 19.5 Å². The Kier molecular flexibility index (Phi) is 8.16. The molecule has 1 unspecified atom stereocenters. The third-order valence-corrected chi connectivity index (χ3v) is 11.2. The number of halogens is 1. The fraction of sp³-hybridized carbons (Fsp3) is 0.474. The average Bonchev–Trinajstić information content (AvgIpc) is 3.31. The first-order valence-electron chi connectivity index (χ1n) is 16.7. The SMILES string of the molecule is C=C1COc2cc3c(cc2O1)C1(CCC(Nc2cccc(Cl)c2)(C(=O)O)CC1)C(C[C@@H](C)COc1ccnc2c1[C@H](C)CCC2)C3. The van der Waals surface area contributed by atoms with Crippen molar-refractivity contribution in [1.82, 2.24) is 4.98 Å². The first-order valence-corrected chi connectivity index (χ1v) is 17.1. The zero-order valence-electron chi connectivity index (χ0n) is 26.7. The van der Waals surface area contributed by atoms with Gasteiger partial charge < -0.3 is 24.6 Å². The van der Waals surface area contributed by atoms with Crippen LogP contribution in [0.25, 0.3) is 0 Å². The van der Waals surface area contributed by atoms with E-state index < -0.39 is 11.5 Å². The summed E-state index contributed by atoms with van der Waals surface area (Å²) in [6.45, 7) is 9.51. The van der Waals surface area contributed by atoms with Crippen molar-refractivity contribution in [3.63, 3.8) is 0 Å². The molecule has 1 fully saturated rings. The van der Waals surface area contributed by atoms with E-state index in [2.05, 4.69) is 42.9 Å². The van der Waals surface area contributed by atoms with Crippen LogP contribution in [0, 0.1) is 11.8 Å². The average molecular weight is 643 g/mol. The lowest BCUT2D eigenvalue weighted by Gasteiger charge is -2.47. The quantitative estimate of drug-likeness (QED) is 0.255. The number of hydrogen-bond donors (Lipinski definition) is 2. The lowest BCUT2D eigenvalue weighted by molar-refractivity contribution is -0.144. The summed E-state index contributed by atoms with van der Waals surface area (Å²) in [7, 11) is 0. The van der Waals surface area contributed by atoms with Crippen LogP contribution in [0.2, 0.25) is 5.02 Å². The number of anilines is 1. The van der Waals surface area contributed by atoms with Crippen molar-refractivity contribution in [2.24, 2.45) is 11.8 Å². The minimum Gasteiger partial charge on any atom is -0.493 e. The minimum atomic E-state index is -1.07. The zero-order valence-corrected chi connectivity index (χ0v) is 27.5. The standard InChI is InChI=1S/C38H43ClN2O5/c1-23(21-44-32-10-15-40-31-9-4-6-24(2)35(31)32)16-27-17-26-18-33-34(46-25(3)22-45-33)20-30(26)37(27)11-13-38(14-12-37,36(42)43)41-29-8-5-7-28(39)19-29/h5,7-8,10,15,18-20,23-24,27,41H,3-4,6,9,11-14,16-17,21-22H2,1-2H3,(H,42,43)/t23-,24-,27?,37?,38?/m1/s1. The number of benzene rings is 2. The lowest BCUT2D eigenvalue weighted by Crippen LogP contribution is -2.53. The normalized spacial score (nSPS) is 27.1. The molecule has 0 amide bonds. The number of aliphatic carboxylic acids is 1. The molecule has 0 radical (unpaired) electrons. The molecule has 7 rings (SSSR count). The molecule has 3 aliphatic carbocycles. The number of aryl methyl sites for hydroxylation is 1. The van der Waals surface area contributed by atoms with Gasteiger partial charge in [-0.1, -0.05) is 38.1 Å². The highest BCUT2D eigenvalue weighted by Crippen LogP contribution is 2.58. The molecule has 4 aliphatic rings. The predicted octanol–water partition coefficient (Wildman–Crippen LogP) is 8.48. The number of pyridine rings is 1. The van der Waals surface area contributed by atoms with Crippen molar-refractivity contribution >= 4 is 23.3 Å². The molecule has 2 aromatic carbocycles. The van der Waals surface area contributed by atoms with Gasteiger partial charge in [-0.05, 0) is 128 Å². The van der Waals surface area contributed by atoms with Gasteiger partial charge in [0.2, 0.25) is 0 Å². The van der Waals surface area contributed by atoms with Crippen molar-refractivity contribution in [2.45, 2.75) is 88.5 Å². The molecule has 1 aromatic heterocycles. The number of rotatable bonds is 8. The van der Waals surface area contributed by atoms with Gasteiger partial charge in [0.1, 0.15) is 23.7 Å². The van der Waals surface area contributed by atoms with E-state index in [4.69, 9.17) is 25.8 Å². The third kappa shape index (κ3) is 5.61. The summed E-state index contributed by atoms with van der Waals surface area (Å²) in [5.41, 5.74) is 4.47. The van der Waals surface area contributed by atoms with Crippen LogP contribution >= 0.6 is 11.6 Å². The van der Waals surface area contributed by atoms with E-state index >= 15 is 0 Å². The number of ether oxygens (including phenoxy) is 3. The molecule has 1 saturated carbocycles. The summed E-state index contributed by atoms with van der Waals surface area (Å²) in [4.78, 5) is 17.5. The van der Waals surface area contributed by atoms with Crippen LogP contribution in [0.5, 0.6) is 17.2 Å². The number of fused-ring (bicyclic) bond motifs is 4. The van der Waals surface area contributed by atoms with E-state index in [1.807, 2.05) is 24.4 Å². The molecule has 1 spiro atoms. The maximum Gasteiger partial charge on any atom is 0.329 e. The van der Waals surface area contributed by atoms with Gasteiger partial charge in [0, 0.05) is 28.2 Å². The van der Waals surface area contributed by atoms with Crippen LogP contribution in [-0.4, -0.2) is 34.8 Å². The van der Waals surface area contributed by atoms with Crippen molar-refractivity contribution in [2.75, 3.05) is 18.5 Å². The van der Waals surface area contributed by atoms with Crippen molar-refractivity contribution in [3.05, 3.63) is 88.4 Å². The summed E-state index contributed by atoms with van der Waals surface area (Å²) in [6.07, 6.45) is 9.62. The second-order valence-corrected chi connectivity index (χ2v) is 14.5. The number of carboxylic acid groups (broad SMARTS) is 1. The van der Waals surface area contributed by atoms with E-state index in [0.717, 1.165) is 49.3 Å². The smallest absolute Gasteiger partial charge is 0.329 e. The molecule has 3 aromatic rings. The van der Waals surface area contributed by atoms with Gasteiger partial charge in [0.25, 0.3) is 0 Å². The molecule has 1 aliphatic heterocycles. The predicted molar refractivity (Wildman–Crippen MR) is 179 cm³/mol. The fourth-order valence-electron chi connectivity index (χ4n) is 8.65. The molecular weight excluding hydrogens is 600 g/mol. The highest BCUT2D eigenvalue weighted by Gasteiger charge is 2.54. The second-order valence-electron chi connectivity index (χ2n) is 14.1. The molecule has 0 saturated heterocycles. The Morgan fingerprint density at radius 1 is 1.20 bits per heavy atom. The lowest BCUT2D eigenvalue weighted by atomic mass is 9.59. The Morgan fingerprint density at radius 3 is 2.80 bits per heavy atom. The van der Waals surface area contributed by atoms with E-state index in [0.29, 0.717) is 60.3 Å². The number of nitrogens with zero attached hydrogens (tertiary/aromatic N) is 1. The molecule has 242 valence electrons. The number of hydrogen-bond acceptors (Lipinski definition) is 6. The van der Waals surface area contributed by atoms with E-state index in [1.165, 1.54) is 35.2 Å². The summed E-state index contributed by atoms with van der Waals surface area (Å²) >= 11 is 6.26. The highest BCUT2D eigenvalue weighted by atomic mass is 35.5. The molecular formula is C38H43ClN2O5. The maximum absolute atomic E-state index is 12.9. The number of aromatic nitrogens is 1. The number of nitrogens with one attached hydrogen (secondary N) is 1. The largest absolute Gasteiger partial charge is 0.493 e.